The first kappa shape index (κ1) is 17.7. The second-order valence-corrected chi connectivity index (χ2v) is 5.53. The maximum atomic E-state index is 13.7. The first-order valence-corrected chi connectivity index (χ1v) is 7.61. The zero-order valence-corrected chi connectivity index (χ0v) is 13.7. The van der Waals surface area contributed by atoms with E-state index in [1.165, 1.54) is 24.3 Å². The van der Waals surface area contributed by atoms with Gasteiger partial charge in [-0.15, -0.1) is 0 Å². The third-order valence-corrected chi connectivity index (χ3v) is 3.56. The molecule has 0 radical (unpaired) electrons. The van der Waals surface area contributed by atoms with E-state index in [1.807, 2.05) is 0 Å². The molecule has 0 bridgehead atoms. The molecule has 2 aromatic carbocycles. The molecule has 2 N–H and O–H groups in total. The van der Waals surface area contributed by atoms with Gasteiger partial charge in [0.15, 0.2) is 0 Å². The zero-order valence-electron chi connectivity index (χ0n) is 12.9. The molecular weight excluding hydrogens is 369 g/mol. The highest BCUT2D eigenvalue weighted by Gasteiger charge is 2.12. The number of anilines is 3. The van der Waals surface area contributed by atoms with Crippen LogP contribution in [0.5, 0.6) is 0 Å². The van der Waals surface area contributed by atoms with Gasteiger partial charge in [0.25, 0.3) is 5.91 Å². The lowest BCUT2D eigenvalue weighted by molar-refractivity contribution is 0.102. The number of hydrogen-bond acceptors (Lipinski definition) is 4. The lowest BCUT2D eigenvalue weighted by Crippen LogP contribution is -2.14. The van der Waals surface area contributed by atoms with E-state index in [1.54, 1.807) is 0 Å². The summed E-state index contributed by atoms with van der Waals surface area (Å²) in [5, 5.41) is 5.00. The Balaban J connectivity index is 1.77. The van der Waals surface area contributed by atoms with Crippen molar-refractivity contribution in [2.75, 3.05) is 10.6 Å². The van der Waals surface area contributed by atoms with Crippen molar-refractivity contribution in [3.05, 3.63) is 77.0 Å². The average molecular weight is 379 g/mol. The molecule has 0 saturated carbocycles. The van der Waals surface area contributed by atoms with Crippen LogP contribution in [0.3, 0.4) is 0 Å². The first-order chi connectivity index (χ1) is 12.4. The van der Waals surface area contributed by atoms with Gasteiger partial charge in [0, 0.05) is 17.8 Å². The van der Waals surface area contributed by atoms with Crippen LogP contribution in [-0.4, -0.2) is 15.9 Å². The highest BCUT2D eigenvalue weighted by molar-refractivity contribution is 6.31. The fraction of sp³-hybridized carbons (Fsp3) is 0. The first-order valence-electron chi connectivity index (χ1n) is 7.23. The van der Waals surface area contributed by atoms with Crippen molar-refractivity contribution in [3.8, 4) is 0 Å². The highest BCUT2D eigenvalue weighted by Crippen LogP contribution is 2.21. The standard InChI is InChI=1S/C17H10ClF3N4O/c18-11-6-10(2-3-12(11)20)24-17(26)15-7-16(23-8-22-15)25-14-4-1-9(19)5-13(14)21/h1-8H,(H,24,26)(H,22,23,25). The second kappa shape index (κ2) is 7.40. The number of halogens is 4. The molecule has 0 saturated heterocycles. The number of benzene rings is 2. The van der Waals surface area contributed by atoms with Gasteiger partial charge in [0.1, 0.15) is 35.3 Å². The summed E-state index contributed by atoms with van der Waals surface area (Å²) >= 11 is 5.66. The van der Waals surface area contributed by atoms with Gasteiger partial charge in [-0.1, -0.05) is 11.6 Å². The van der Waals surface area contributed by atoms with Gasteiger partial charge in [-0.25, -0.2) is 23.1 Å². The Labute approximate surface area is 150 Å². The summed E-state index contributed by atoms with van der Waals surface area (Å²) in [6.07, 6.45) is 1.11. The normalized spacial score (nSPS) is 10.5. The van der Waals surface area contributed by atoms with E-state index < -0.39 is 23.4 Å². The quantitative estimate of drug-likeness (QED) is 0.699. The molecule has 1 amide bonds. The molecule has 1 heterocycles. The maximum absolute atomic E-state index is 13.7. The summed E-state index contributed by atoms with van der Waals surface area (Å²) in [4.78, 5) is 19.9. The summed E-state index contributed by atoms with van der Waals surface area (Å²) < 4.78 is 39.8. The smallest absolute Gasteiger partial charge is 0.274 e. The number of carbonyl (C=O) groups excluding carboxylic acids is 1. The molecule has 132 valence electrons. The van der Waals surface area contributed by atoms with Gasteiger partial charge in [-0.3, -0.25) is 4.79 Å². The lowest BCUT2D eigenvalue weighted by atomic mass is 10.2. The van der Waals surface area contributed by atoms with Crippen LogP contribution in [-0.2, 0) is 0 Å². The minimum absolute atomic E-state index is 0.0122. The maximum Gasteiger partial charge on any atom is 0.274 e. The van der Waals surface area contributed by atoms with Crippen LogP contribution < -0.4 is 10.6 Å². The minimum atomic E-state index is -0.810. The number of aromatic nitrogens is 2. The Bertz CT molecular complexity index is 984. The number of hydrogen-bond donors (Lipinski definition) is 2. The number of nitrogens with zero attached hydrogens (tertiary/aromatic N) is 2. The number of carbonyl (C=O) groups is 1. The predicted octanol–water partition coefficient (Wildman–Crippen LogP) is 4.54. The van der Waals surface area contributed by atoms with Crippen molar-refractivity contribution in [3.63, 3.8) is 0 Å². The van der Waals surface area contributed by atoms with Crippen LogP contribution >= 0.6 is 11.6 Å². The summed E-state index contributed by atoms with van der Waals surface area (Å²) in [5.74, 6) is -2.60. The molecule has 0 spiro atoms. The minimum Gasteiger partial charge on any atom is -0.338 e. The predicted molar refractivity (Wildman–Crippen MR) is 91.0 cm³/mol. The lowest BCUT2D eigenvalue weighted by Gasteiger charge is -2.09. The highest BCUT2D eigenvalue weighted by atomic mass is 35.5. The van der Waals surface area contributed by atoms with Crippen molar-refractivity contribution in [2.45, 2.75) is 0 Å². The largest absolute Gasteiger partial charge is 0.338 e. The van der Waals surface area contributed by atoms with Crippen LogP contribution in [0.25, 0.3) is 0 Å². The van der Waals surface area contributed by atoms with E-state index in [0.717, 1.165) is 24.5 Å². The Kier molecular flexibility index (Phi) is 5.04. The molecule has 0 aliphatic rings. The Morgan fingerprint density at radius 1 is 0.962 bits per heavy atom. The van der Waals surface area contributed by atoms with Crippen molar-refractivity contribution in [1.29, 1.82) is 0 Å². The molecule has 1 aromatic heterocycles. The molecule has 5 nitrogen and oxygen atoms in total. The summed E-state index contributed by atoms with van der Waals surface area (Å²) in [7, 11) is 0. The Morgan fingerprint density at radius 2 is 1.77 bits per heavy atom. The van der Waals surface area contributed by atoms with Crippen molar-refractivity contribution < 1.29 is 18.0 Å². The van der Waals surface area contributed by atoms with Crippen LogP contribution in [0.2, 0.25) is 5.02 Å². The molecule has 3 rings (SSSR count). The summed E-state index contributed by atoms with van der Waals surface area (Å²) in [6.45, 7) is 0. The second-order valence-electron chi connectivity index (χ2n) is 5.12. The topological polar surface area (TPSA) is 66.9 Å². The molecule has 26 heavy (non-hydrogen) atoms. The summed E-state index contributed by atoms with van der Waals surface area (Å²) in [5.41, 5.74) is 0.242. The van der Waals surface area contributed by atoms with E-state index in [0.29, 0.717) is 0 Å². The molecular formula is C17H10ClF3N4O. The summed E-state index contributed by atoms with van der Waals surface area (Å²) in [6, 6.07) is 7.99. The van der Waals surface area contributed by atoms with E-state index in [-0.39, 0.29) is 27.9 Å². The van der Waals surface area contributed by atoms with E-state index in [2.05, 4.69) is 20.6 Å². The van der Waals surface area contributed by atoms with E-state index in [9.17, 15) is 18.0 Å². The van der Waals surface area contributed by atoms with Crippen molar-refractivity contribution in [1.82, 2.24) is 9.97 Å². The molecule has 0 aliphatic heterocycles. The van der Waals surface area contributed by atoms with Gasteiger partial charge in [-0.2, -0.15) is 0 Å². The molecule has 0 aliphatic carbocycles. The third-order valence-electron chi connectivity index (χ3n) is 3.27. The van der Waals surface area contributed by atoms with Gasteiger partial charge >= 0.3 is 0 Å². The number of rotatable bonds is 4. The number of nitrogens with one attached hydrogen (secondary N) is 2. The fourth-order valence-corrected chi connectivity index (χ4v) is 2.23. The van der Waals surface area contributed by atoms with Gasteiger partial charge in [-0.05, 0) is 30.3 Å². The molecule has 3 aromatic rings. The molecule has 9 heteroatoms. The fourth-order valence-electron chi connectivity index (χ4n) is 2.05. The van der Waals surface area contributed by atoms with Crippen LogP contribution in [0.1, 0.15) is 10.5 Å². The van der Waals surface area contributed by atoms with Gasteiger partial charge in [0.05, 0.1) is 10.7 Å². The zero-order chi connectivity index (χ0) is 18.7. The SMILES string of the molecule is O=C(Nc1ccc(F)c(Cl)c1)c1cc(Nc2ccc(F)cc2F)ncn1. The van der Waals surface area contributed by atoms with E-state index >= 15 is 0 Å². The van der Waals surface area contributed by atoms with Crippen molar-refractivity contribution >= 4 is 34.7 Å². The van der Waals surface area contributed by atoms with Gasteiger partial charge in [0.2, 0.25) is 0 Å². The van der Waals surface area contributed by atoms with Crippen molar-refractivity contribution in [2.24, 2.45) is 0 Å². The Morgan fingerprint density at radius 3 is 2.50 bits per heavy atom. The molecule has 0 fully saturated rings. The monoisotopic (exact) mass is 378 g/mol. The van der Waals surface area contributed by atoms with Crippen LogP contribution in [0.15, 0.2) is 48.8 Å². The average Bonchev–Trinajstić information content (AvgIpc) is 2.61. The van der Waals surface area contributed by atoms with Crippen LogP contribution in [0, 0.1) is 17.5 Å². The number of amides is 1. The molecule has 0 atom stereocenters. The molecule has 0 unspecified atom stereocenters. The van der Waals surface area contributed by atoms with Crippen LogP contribution in [0.4, 0.5) is 30.4 Å². The van der Waals surface area contributed by atoms with Gasteiger partial charge < -0.3 is 10.6 Å². The Hall–Kier alpha value is -3.13. The third kappa shape index (κ3) is 4.09. The van der Waals surface area contributed by atoms with E-state index in [4.69, 9.17) is 11.6 Å².